The van der Waals surface area contributed by atoms with Crippen LogP contribution in [0.25, 0.3) is 5.57 Å². The fourth-order valence-electron chi connectivity index (χ4n) is 2.91. The maximum Gasteiger partial charge on any atom is 0.258 e. The molecule has 1 amide bonds. The monoisotopic (exact) mass is 383 g/mol. The Bertz CT molecular complexity index is 889. The number of oxime groups is 1. The number of hydrogen-bond donors (Lipinski definition) is 2. The first kappa shape index (κ1) is 15.0. The molecule has 2 aromatic rings. The smallest absolute Gasteiger partial charge is 0.258 e. The molecule has 0 saturated carbocycles. The van der Waals surface area contributed by atoms with Crippen LogP contribution in [0.4, 0.5) is 11.4 Å². The van der Waals surface area contributed by atoms with Crippen molar-refractivity contribution in [1.29, 1.82) is 0 Å². The van der Waals surface area contributed by atoms with Gasteiger partial charge < -0.3 is 15.5 Å². The van der Waals surface area contributed by atoms with Crippen molar-refractivity contribution in [2.24, 2.45) is 5.16 Å². The van der Waals surface area contributed by atoms with Gasteiger partial charge >= 0.3 is 0 Å². The number of alkyl halides is 1. The van der Waals surface area contributed by atoms with Crippen LogP contribution >= 0.6 is 15.9 Å². The highest BCUT2D eigenvalue weighted by atomic mass is 79.9. The highest BCUT2D eigenvalue weighted by Crippen LogP contribution is 2.38. The minimum absolute atomic E-state index is 0.139. The van der Waals surface area contributed by atoms with Gasteiger partial charge in [-0.1, -0.05) is 57.5 Å². The van der Waals surface area contributed by atoms with Gasteiger partial charge in [0.05, 0.1) is 11.3 Å². The summed E-state index contributed by atoms with van der Waals surface area (Å²) in [6, 6.07) is 15.4. The van der Waals surface area contributed by atoms with E-state index in [-0.39, 0.29) is 5.91 Å². The zero-order valence-corrected chi connectivity index (χ0v) is 14.3. The van der Waals surface area contributed by atoms with E-state index in [1.165, 1.54) is 0 Å². The molecule has 0 fully saturated rings. The number of allylic oxidation sites excluding steroid dienone is 1. The van der Waals surface area contributed by atoms with E-state index in [1.54, 1.807) is 0 Å². The van der Waals surface area contributed by atoms with Gasteiger partial charge in [-0.3, -0.25) is 4.79 Å². The number of para-hydroxylation sites is 2. The largest absolute Gasteiger partial charge is 0.394 e. The maximum absolute atomic E-state index is 12.5. The average molecular weight is 384 g/mol. The lowest BCUT2D eigenvalue weighted by Gasteiger charge is -2.06. The molecule has 2 N–H and O–H groups in total. The number of halogens is 1. The van der Waals surface area contributed by atoms with E-state index in [4.69, 9.17) is 4.84 Å². The predicted octanol–water partition coefficient (Wildman–Crippen LogP) is 3.59. The number of amides is 1. The molecule has 5 nitrogen and oxygen atoms in total. The summed E-state index contributed by atoms with van der Waals surface area (Å²) < 4.78 is 0. The zero-order chi connectivity index (χ0) is 16.5. The molecular formula is C18H14BrN3O2. The number of anilines is 2. The number of nitrogens with zero attached hydrogens (tertiary/aromatic N) is 1. The van der Waals surface area contributed by atoms with E-state index >= 15 is 0 Å². The summed E-state index contributed by atoms with van der Waals surface area (Å²) in [7, 11) is 0. The molecule has 120 valence electrons. The summed E-state index contributed by atoms with van der Waals surface area (Å²) in [5.74, 6) is -0.139. The maximum atomic E-state index is 12.5. The fourth-order valence-corrected chi connectivity index (χ4v) is 3.06. The molecule has 4 rings (SSSR count). The topological polar surface area (TPSA) is 62.7 Å². The van der Waals surface area contributed by atoms with Gasteiger partial charge in [-0.25, -0.2) is 0 Å². The van der Waals surface area contributed by atoms with E-state index in [0.717, 1.165) is 22.5 Å². The van der Waals surface area contributed by atoms with Crippen LogP contribution < -0.4 is 10.6 Å². The lowest BCUT2D eigenvalue weighted by molar-refractivity contribution is -0.110. The summed E-state index contributed by atoms with van der Waals surface area (Å²) in [5.41, 5.74) is 5.42. The molecule has 2 aromatic carbocycles. The molecule has 6 heteroatoms. The van der Waals surface area contributed by atoms with Crippen molar-refractivity contribution < 1.29 is 9.63 Å². The SMILES string of the molecule is O=C1Nc2ccccc2/C1=C1/Nc2ccccc2/C1=N\OCCBr. The second-order valence-corrected chi connectivity index (χ2v) is 6.18. The normalized spacial score (nSPS) is 19.7. The molecule has 0 aliphatic carbocycles. The van der Waals surface area contributed by atoms with Crippen molar-refractivity contribution in [1.82, 2.24) is 0 Å². The van der Waals surface area contributed by atoms with E-state index in [2.05, 4.69) is 31.7 Å². The second-order valence-electron chi connectivity index (χ2n) is 5.38. The molecule has 2 heterocycles. The third-order valence-electron chi connectivity index (χ3n) is 3.92. The number of hydrogen-bond acceptors (Lipinski definition) is 4. The molecular weight excluding hydrogens is 370 g/mol. The van der Waals surface area contributed by atoms with E-state index in [1.807, 2.05) is 48.5 Å². The first-order chi connectivity index (χ1) is 11.8. The fraction of sp³-hybridized carbons (Fsp3) is 0.111. The lowest BCUT2D eigenvalue weighted by Crippen LogP contribution is -2.13. The number of nitrogens with one attached hydrogen (secondary N) is 2. The van der Waals surface area contributed by atoms with Crippen LogP contribution in [-0.4, -0.2) is 23.6 Å². The zero-order valence-electron chi connectivity index (χ0n) is 12.7. The number of rotatable bonds is 3. The highest BCUT2D eigenvalue weighted by molar-refractivity contribution is 9.09. The Morgan fingerprint density at radius 3 is 2.38 bits per heavy atom. The van der Waals surface area contributed by atoms with Gasteiger partial charge in [0.1, 0.15) is 12.3 Å². The molecule has 0 bridgehead atoms. The van der Waals surface area contributed by atoms with Gasteiger partial charge in [-0.15, -0.1) is 0 Å². The van der Waals surface area contributed by atoms with Crippen LogP contribution in [0, 0.1) is 0 Å². The molecule has 24 heavy (non-hydrogen) atoms. The van der Waals surface area contributed by atoms with Gasteiger partial charge in [0.15, 0.2) is 0 Å². The Hall–Kier alpha value is -2.60. The van der Waals surface area contributed by atoms with Crippen LogP contribution in [0.2, 0.25) is 0 Å². The Labute approximate surface area is 147 Å². The molecule has 0 unspecified atom stereocenters. The van der Waals surface area contributed by atoms with Crippen molar-refractivity contribution >= 4 is 44.5 Å². The minimum Gasteiger partial charge on any atom is -0.394 e. The number of carbonyl (C=O) groups excluding carboxylic acids is 1. The highest BCUT2D eigenvalue weighted by Gasteiger charge is 2.33. The summed E-state index contributed by atoms with van der Waals surface area (Å²) in [4.78, 5) is 17.9. The summed E-state index contributed by atoms with van der Waals surface area (Å²) >= 11 is 3.32. The van der Waals surface area contributed by atoms with Gasteiger partial charge in [0.2, 0.25) is 0 Å². The van der Waals surface area contributed by atoms with Crippen molar-refractivity contribution in [2.75, 3.05) is 22.6 Å². The molecule has 2 aliphatic rings. The van der Waals surface area contributed by atoms with Crippen LogP contribution in [0.15, 0.2) is 59.4 Å². The van der Waals surface area contributed by atoms with Gasteiger partial charge in [0, 0.05) is 27.8 Å². The van der Waals surface area contributed by atoms with Gasteiger partial charge in [0.25, 0.3) is 5.91 Å². The van der Waals surface area contributed by atoms with Crippen LogP contribution in [-0.2, 0) is 9.63 Å². The Kier molecular flexibility index (Phi) is 3.82. The number of carbonyl (C=O) groups is 1. The van der Waals surface area contributed by atoms with E-state index in [0.29, 0.717) is 28.9 Å². The molecule has 0 aromatic heterocycles. The van der Waals surface area contributed by atoms with Gasteiger partial charge in [-0.2, -0.15) is 0 Å². The number of benzene rings is 2. The van der Waals surface area contributed by atoms with E-state index < -0.39 is 0 Å². The first-order valence-electron chi connectivity index (χ1n) is 7.57. The van der Waals surface area contributed by atoms with Crippen LogP contribution in [0.5, 0.6) is 0 Å². The lowest BCUT2D eigenvalue weighted by atomic mass is 10.0. The summed E-state index contributed by atoms with van der Waals surface area (Å²) in [6.45, 7) is 0.455. The Morgan fingerprint density at radius 1 is 0.958 bits per heavy atom. The molecule has 0 atom stereocenters. The Balaban J connectivity index is 1.88. The number of fused-ring (bicyclic) bond motifs is 2. The summed E-state index contributed by atoms with van der Waals surface area (Å²) in [6.07, 6.45) is 0. The molecule has 0 spiro atoms. The van der Waals surface area contributed by atoms with Crippen LogP contribution in [0.1, 0.15) is 11.1 Å². The van der Waals surface area contributed by atoms with Crippen LogP contribution in [0.3, 0.4) is 0 Å². The third kappa shape index (κ3) is 2.39. The predicted molar refractivity (Wildman–Crippen MR) is 98.3 cm³/mol. The van der Waals surface area contributed by atoms with E-state index in [9.17, 15) is 4.79 Å². The average Bonchev–Trinajstić information content (AvgIpc) is 3.12. The quantitative estimate of drug-likeness (QED) is 0.368. The Morgan fingerprint density at radius 2 is 1.62 bits per heavy atom. The first-order valence-corrected chi connectivity index (χ1v) is 8.69. The van der Waals surface area contributed by atoms with Crippen molar-refractivity contribution in [3.63, 3.8) is 0 Å². The van der Waals surface area contributed by atoms with Crippen molar-refractivity contribution in [3.05, 3.63) is 65.4 Å². The molecule has 2 aliphatic heterocycles. The van der Waals surface area contributed by atoms with Gasteiger partial charge in [-0.05, 0) is 12.1 Å². The minimum atomic E-state index is -0.139. The second kappa shape index (κ2) is 6.13. The molecule has 0 saturated heterocycles. The van der Waals surface area contributed by atoms with Crippen molar-refractivity contribution in [3.8, 4) is 0 Å². The standard InChI is InChI=1S/C18H14BrN3O2/c19-9-10-24-22-16-12-6-2-4-8-14(12)20-17(16)15-11-5-1-3-7-13(11)21-18(15)23/h1-8,20H,9-10H2,(H,21,23)/b17-15-,22-16+. The molecule has 0 radical (unpaired) electrons. The van der Waals surface area contributed by atoms with Crippen molar-refractivity contribution in [2.45, 2.75) is 0 Å². The summed E-state index contributed by atoms with van der Waals surface area (Å²) in [5, 5.41) is 11.2. The third-order valence-corrected chi connectivity index (χ3v) is 4.25.